The molecule has 3 rings (SSSR count). The van der Waals surface area contributed by atoms with Crippen molar-refractivity contribution in [2.75, 3.05) is 26.8 Å². The van der Waals surface area contributed by atoms with Gasteiger partial charge in [-0.25, -0.2) is 9.18 Å². The maximum atomic E-state index is 13.9. The van der Waals surface area contributed by atoms with Crippen LogP contribution in [0.1, 0.15) is 41.4 Å². The molecule has 33 heavy (non-hydrogen) atoms. The van der Waals surface area contributed by atoms with Gasteiger partial charge < -0.3 is 23.7 Å². The number of aromatic nitrogens is 1. The number of carbonyl (C=O) groups excluding carboxylic acids is 3. The van der Waals surface area contributed by atoms with E-state index in [1.165, 1.54) is 30.7 Å². The fourth-order valence-corrected chi connectivity index (χ4v) is 3.85. The maximum Gasteiger partial charge on any atom is 0.343 e. The lowest BCUT2D eigenvalue weighted by Crippen LogP contribution is -2.34. The minimum atomic E-state index is -0.656. The predicted octanol–water partition coefficient (Wildman–Crippen LogP) is 2.15. The molecule has 1 aliphatic heterocycles. The summed E-state index contributed by atoms with van der Waals surface area (Å²) in [5.41, 5.74) is 0.653. The second kappa shape index (κ2) is 10.9. The highest BCUT2D eigenvalue weighted by molar-refractivity contribution is 5.93. The van der Waals surface area contributed by atoms with Crippen LogP contribution in [0, 0.1) is 5.82 Å². The molecule has 8 nitrogen and oxygen atoms in total. The Balaban J connectivity index is 1.83. The summed E-state index contributed by atoms with van der Waals surface area (Å²) in [6.07, 6.45) is 0.768. The van der Waals surface area contributed by atoms with Gasteiger partial charge in [0.2, 0.25) is 5.91 Å². The molecule has 0 saturated heterocycles. The Labute approximate surface area is 190 Å². The number of rotatable bonds is 8. The van der Waals surface area contributed by atoms with Crippen molar-refractivity contribution >= 4 is 17.7 Å². The molecule has 0 atom stereocenters. The van der Waals surface area contributed by atoms with Gasteiger partial charge in [0.1, 0.15) is 22.9 Å². The first-order valence-electron chi connectivity index (χ1n) is 10.8. The first kappa shape index (κ1) is 24.2. The van der Waals surface area contributed by atoms with Crippen molar-refractivity contribution in [2.24, 2.45) is 0 Å². The Morgan fingerprint density at radius 3 is 2.55 bits per heavy atom. The molecular weight excluding hydrogens is 431 g/mol. The van der Waals surface area contributed by atoms with Gasteiger partial charge in [0.05, 0.1) is 13.7 Å². The number of ether oxygens (including phenoxy) is 2. The van der Waals surface area contributed by atoms with Gasteiger partial charge in [-0.3, -0.25) is 9.59 Å². The summed E-state index contributed by atoms with van der Waals surface area (Å²) in [6.45, 7) is 2.28. The third-order valence-corrected chi connectivity index (χ3v) is 5.61. The number of carbonyl (C=O) groups is 3. The molecule has 9 heteroatoms. The summed E-state index contributed by atoms with van der Waals surface area (Å²) >= 11 is 0. The molecule has 1 aromatic heterocycles. The first-order valence-corrected chi connectivity index (χ1v) is 10.8. The van der Waals surface area contributed by atoms with Crippen LogP contribution in [0.2, 0.25) is 0 Å². The summed E-state index contributed by atoms with van der Waals surface area (Å²) in [4.78, 5) is 50.7. The van der Waals surface area contributed by atoms with E-state index in [4.69, 9.17) is 9.47 Å². The van der Waals surface area contributed by atoms with Gasteiger partial charge in [0.25, 0.3) is 5.56 Å². The van der Waals surface area contributed by atoms with E-state index in [-0.39, 0.29) is 79.8 Å². The molecule has 176 valence electrons. The third kappa shape index (κ3) is 5.85. The molecule has 0 unspecified atom stereocenters. The number of methoxy groups -OCH3 is 1. The summed E-state index contributed by atoms with van der Waals surface area (Å²) in [5, 5.41) is 0. The molecule has 0 radical (unpaired) electrons. The number of ketones is 1. The summed E-state index contributed by atoms with van der Waals surface area (Å²) in [6, 6.07) is 7.54. The lowest BCUT2D eigenvalue weighted by Gasteiger charge is -2.19. The van der Waals surface area contributed by atoms with E-state index in [0.29, 0.717) is 17.8 Å². The average Bonchev–Trinajstić information content (AvgIpc) is 3.02. The smallest absolute Gasteiger partial charge is 0.343 e. The zero-order valence-corrected chi connectivity index (χ0v) is 18.8. The number of fused-ring (bicyclic) bond motifs is 1. The van der Waals surface area contributed by atoms with Crippen molar-refractivity contribution in [1.82, 2.24) is 9.47 Å². The van der Waals surface area contributed by atoms with E-state index < -0.39 is 5.97 Å². The average molecular weight is 458 g/mol. The summed E-state index contributed by atoms with van der Waals surface area (Å²) in [7, 11) is 1.24. The van der Waals surface area contributed by atoms with Gasteiger partial charge in [-0.15, -0.1) is 0 Å². The Bertz CT molecular complexity index is 1110. The van der Waals surface area contributed by atoms with Crippen LogP contribution in [-0.2, 0) is 33.7 Å². The molecule has 0 saturated carbocycles. The van der Waals surface area contributed by atoms with Gasteiger partial charge in [-0.05, 0) is 18.6 Å². The molecule has 0 N–H and O–H groups in total. The van der Waals surface area contributed by atoms with Crippen LogP contribution in [0.4, 0.5) is 4.39 Å². The van der Waals surface area contributed by atoms with Gasteiger partial charge in [-0.2, -0.15) is 0 Å². The van der Waals surface area contributed by atoms with Gasteiger partial charge >= 0.3 is 5.97 Å². The molecule has 1 aromatic carbocycles. The predicted molar refractivity (Wildman–Crippen MR) is 118 cm³/mol. The minimum absolute atomic E-state index is 0.0590. The lowest BCUT2D eigenvalue weighted by atomic mass is 10.1. The van der Waals surface area contributed by atoms with Crippen molar-refractivity contribution in [1.29, 1.82) is 0 Å². The molecule has 2 aromatic rings. The third-order valence-electron chi connectivity index (χ3n) is 5.61. The standard InChI is InChI=1S/C24H27FN2O6/c1-16(28)7-8-21(29)26-11-9-19-23(24(31)32-2)20(15-22(30)27(19)13-12-26)33-14-10-17-5-3-4-6-18(17)25/h3-6,15H,7-14H2,1-2H3. The number of pyridine rings is 1. The van der Waals surface area contributed by atoms with Crippen molar-refractivity contribution < 1.29 is 28.2 Å². The quantitative estimate of drug-likeness (QED) is 0.563. The summed E-state index contributed by atoms with van der Waals surface area (Å²) < 4.78 is 26.0. The van der Waals surface area contributed by atoms with Crippen molar-refractivity contribution in [3.63, 3.8) is 0 Å². The molecule has 1 aliphatic rings. The van der Waals surface area contributed by atoms with E-state index in [1.54, 1.807) is 23.1 Å². The van der Waals surface area contributed by atoms with Crippen LogP contribution in [-0.4, -0.2) is 53.9 Å². The number of amides is 1. The van der Waals surface area contributed by atoms with Crippen LogP contribution >= 0.6 is 0 Å². The number of hydrogen-bond acceptors (Lipinski definition) is 6. The Morgan fingerprint density at radius 2 is 1.85 bits per heavy atom. The summed E-state index contributed by atoms with van der Waals surface area (Å²) in [5.74, 6) is -1.18. The van der Waals surface area contributed by atoms with Gasteiger partial charge in [0, 0.05) is 57.1 Å². The molecule has 0 aliphatic carbocycles. The van der Waals surface area contributed by atoms with E-state index >= 15 is 0 Å². The minimum Gasteiger partial charge on any atom is -0.492 e. The second-order valence-electron chi connectivity index (χ2n) is 7.83. The van der Waals surface area contributed by atoms with Crippen LogP contribution < -0.4 is 10.3 Å². The number of halogens is 1. The van der Waals surface area contributed by atoms with Crippen LogP contribution in [0.15, 0.2) is 35.1 Å². The monoisotopic (exact) mass is 458 g/mol. The fourth-order valence-electron chi connectivity index (χ4n) is 3.85. The number of benzene rings is 1. The highest BCUT2D eigenvalue weighted by Gasteiger charge is 2.27. The zero-order valence-electron chi connectivity index (χ0n) is 18.8. The molecular formula is C24H27FN2O6. The molecule has 1 amide bonds. The van der Waals surface area contributed by atoms with E-state index in [1.807, 2.05) is 0 Å². The van der Waals surface area contributed by atoms with Crippen molar-refractivity contribution in [2.45, 2.75) is 39.2 Å². The number of hydrogen-bond donors (Lipinski definition) is 0. The topological polar surface area (TPSA) is 94.9 Å². The normalized spacial score (nSPS) is 13.1. The Morgan fingerprint density at radius 1 is 1.09 bits per heavy atom. The SMILES string of the molecule is COC(=O)c1c(OCCc2ccccc2F)cc(=O)n2c1CCN(C(=O)CCC(C)=O)CC2. The molecule has 0 fully saturated rings. The Kier molecular flexibility index (Phi) is 7.97. The molecule has 0 spiro atoms. The van der Waals surface area contributed by atoms with Crippen LogP contribution in [0.5, 0.6) is 5.75 Å². The highest BCUT2D eigenvalue weighted by atomic mass is 19.1. The van der Waals surface area contributed by atoms with E-state index in [2.05, 4.69) is 0 Å². The first-order chi connectivity index (χ1) is 15.8. The Hall–Kier alpha value is -3.49. The van der Waals surface area contributed by atoms with Crippen LogP contribution in [0.3, 0.4) is 0 Å². The van der Waals surface area contributed by atoms with Gasteiger partial charge in [-0.1, -0.05) is 18.2 Å². The van der Waals surface area contributed by atoms with Crippen molar-refractivity contribution in [3.05, 3.63) is 63.3 Å². The number of nitrogens with zero attached hydrogens (tertiary/aromatic N) is 2. The largest absolute Gasteiger partial charge is 0.492 e. The van der Waals surface area contributed by atoms with E-state index in [0.717, 1.165) is 0 Å². The lowest BCUT2D eigenvalue weighted by molar-refractivity contribution is -0.133. The second-order valence-corrected chi connectivity index (χ2v) is 7.83. The van der Waals surface area contributed by atoms with Crippen molar-refractivity contribution in [3.8, 4) is 5.75 Å². The number of Topliss-reactive ketones (excluding diaryl/α,β-unsaturated/α-hetero) is 1. The highest BCUT2D eigenvalue weighted by Crippen LogP contribution is 2.24. The zero-order chi connectivity index (χ0) is 24.0. The molecule has 0 bridgehead atoms. The van der Waals surface area contributed by atoms with Gasteiger partial charge in [0.15, 0.2) is 0 Å². The van der Waals surface area contributed by atoms with E-state index in [9.17, 15) is 23.6 Å². The fraction of sp³-hybridized carbons (Fsp3) is 0.417. The number of esters is 1. The van der Waals surface area contributed by atoms with Crippen LogP contribution in [0.25, 0.3) is 0 Å². The molecule has 2 heterocycles. The maximum absolute atomic E-state index is 13.9.